The minimum atomic E-state index is -0.833. The Labute approximate surface area is 224 Å². The normalized spacial score (nSPS) is 4.55. The summed E-state index contributed by atoms with van der Waals surface area (Å²) < 4.78 is 0. The van der Waals surface area contributed by atoms with Crippen LogP contribution in [0.4, 0.5) is 0 Å². The van der Waals surface area contributed by atoms with Gasteiger partial charge in [-0.2, -0.15) is 0 Å². The molecule has 0 aromatic heterocycles. The van der Waals surface area contributed by atoms with E-state index in [1.807, 2.05) is 0 Å². The fraction of sp³-hybridized carbons (Fsp3) is 0.500. The van der Waals surface area contributed by atoms with Gasteiger partial charge in [0.05, 0.1) is 0 Å². The van der Waals surface area contributed by atoms with Crippen molar-refractivity contribution in [2.24, 2.45) is 0 Å². The fourth-order valence-electron chi connectivity index (χ4n) is 0. The molecule has 0 amide bonds. The van der Waals surface area contributed by atoms with Crippen molar-refractivity contribution >= 4 is 23.9 Å². The molecular weight excluding hydrogens is 344 g/mol. The molecule has 14 heteroatoms. The van der Waals surface area contributed by atoms with Crippen LogP contribution >= 0.6 is 0 Å². The first-order valence-corrected chi connectivity index (χ1v) is 3.71. The van der Waals surface area contributed by atoms with E-state index >= 15 is 0 Å². The zero-order valence-electron chi connectivity index (χ0n) is 18.8. The second-order valence-electron chi connectivity index (χ2n) is 2.08. The van der Waals surface area contributed by atoms with Gasteiger partial charge in [0.15, 0.2) is 0 Å². The van der Waals surface area contributed by atoms with Gasteiger partial charge in [-0.1, -0.05) is 0 Å². The van der Waals surface area contributed by atoms with E-state index in [2.05, 4.69) is 0 Å². The molecule has 0 atom stereocenters. The molecular formula is C8H26N2Na4O8. The predicted octanol–water partition coefficient (Wildman–Crippen LogP) is -10.8. The Kier molecular flexibility index (Phi) is 168. The van der Waals surface area contributed by atoms with E-state index in [0.29, 0.717) is 0 Å². The molecule has 0 aliphatic carbocycles. The summed E-state index contributed by atoms with van der Waals surface area (Å²) in [5.41, 5.74) is 0. The Bertz CT molecular complexity index is 196. The minimum Gasteiger partial charge on any atom is -1.00 e. The third-order valence-electron chi connectivity index (χ3n) is 0. The number of aliphatic carboxylic acids is 4. The summed E-state index contributed by atoms with van der Waals surface area (Å²) in [5, 5.41) is 29.7. The van der Waals surface area contributed by atoms with Gasteiger partial charge in [0.2, 0.25) is 0 Å². The molecule has 10 N–H and O–H groups in total. The Morgan fingerprint density at radius 1 is 0.500 bits per heavy atom. The van der Waals surface area contributed by atoms with Crippen LogP contribution < -0.4 is 131 Å². The van der Waals surface area contributed by atoms with E-state index in [-0.39, 0.29) is 136 Å². The van der Waals surface area contributed by atoms with Gasteiger partial charge in [0.25, 0.3) is 23.9 Å². The monoisotopic (exact) mass is 370 g/mol. The Morgan fingerprint density at radius 3 is 0.500 bits per heavy atom. The summed E-state index contributed by atoms with van der Waals surface area (Å²) in [7, 11) is 0. The molecule has 0 bridgehead atoms. The average molecular weight is 370 g/mol. The van der Waals surface area contributed by atoms with Gasteiger partial charge in [0, 0.05) is 27.7 Å². The number of carboxylic acids is 4. The second-order valence-corrected chi connectivity index (χ2v) is 2.08. The van der Waals surface area contributed by atoms with E-state index in [1.165, 1.54) is 0 Å². The van der Waals surface area contributed by atoms with Crippen LogP contribution in [0.5, 0.6) is 0 Å². The fourth-order valence-corrected chi connectivity index (χ4v) is 0. The van der Waals surface area contributed by atoms with E-state index in [9.17, 15) is 0 Å². The molecule has 0 saturated carbocycles. The summed E-state index contributed by atoms with van der Waals surface area (Å²) in [6.07, 6.45) is 0. The third-order valence-corrected chi connectivity index (χ3v) is 0. The van der Waals surface area contributed by atoms with Gasteiger partial charge >= 0.3 is 118 Å². The van der Waals surface area contributed by atoms with Crippen LogP contribution in [0.25, 0.3) is 0 Å². The standard InChI is InChI=1S/4C2H4O2.2H3N.4Na.4H/c4*1-2(3)4;;;;;;;;;;/h4*1H3,(H,3,4);2*1H3;;;;;;;;/q;;;;;;4*+1;4*-1. The molecule has 0 fully saturated rings. The van der Waals surface area contributed by atoms with Crippen LogP contribution in [0, 0.1) is 0 Å². The SMILES string of the molecule is CC(=O)O.CC(=O)O.CC(=O)O.CC(=O)O.N.N.[H-].[H-].[H-].[H-].[Na+].[Na+].[Na+].[Na+]. The van der Waals surface area contributed by atoms with E-state index < -0.39 is 23.9 Å². The quantitative estimate of drug-likeness (QED) is 0.221. The molecule has 0 aliphatic heterocycles. The molecule has 120 valence electrons. The molecule has 0 aromatic carbocycles. The molecule has 10 nitrogen and oxygen atoms in total. The minimum absolute atomic E-state index is 0. The molecule has 22 heavy (non-hydrogen) atoms. The summed E-state index contributed by atoms with van der Waals surface area (Å²) in [4.78, 5) is 36.0. The van der Waals surface area contributed by atoms with Gasteiger partial charge in [-0.05, 0) is 0 Å². The zero-order chi connectivity index (χ0) is 14.3. The zero-order valence-corrected chi connectivity index (χ0v) is 22.8. The number of rotatable bonds is 0. The average Bonchev–Trinajstić information content (AvgIpc) is 1.76. The first-order valence-electron chi connectivity index (χ1n) is 3.71. The van der Waals surface area contributed by atoms with Gasteiger partial charge in [-0.3, -0.25) is 19.2 Å². The van der Waals surface area contributed by atoms with Crippen molar-refractivity contribution in [3.63, 3.8) is 0 Å². The van der Waals surface area contributed by atoms with Crippen molar-refractivity contribution in [2.75, 3.05) is 0 Å². The second kappa shape index (κ2) is 56.9. The Balaban J connectivity index is -0.00000000545. The maximum atomic E-state index is 9.00. The molecule has 0 heterocycles. The van der Waals surface area contributed by atoms with Crippen molar-refractivity contribution in [2.45, 2.75) is 27.7 Å². The molecule has 0 aromatic rings. The largest absolute Gasteiger partial charge is 1.00 e. The number of hydrogen-bond acceptors (Lipinski definition) is 6. The van der Waals surface area contributed by atoms with Crippen LogP contribution in [-0.2, 0) is 19.2 Å². The topological polar surface area (TPSA) is 219 Å². The number of carbonyl (C=O) groups is 4. The van der Waals surface area contributed by atoms with Crippen LogP contribution in [0.1, 0.15) is 33.4 Å². The molecule has 0 rings (SSSR count). The predicted molar refractivity (Wildman–Crippen MR) is 67.7 cm³/mol. The van der Waals surface area contributed by atoms with Gasteiger partial charge < -0.3 is 38.4 Å². The molecule has 0 aliphatic rings. The third kappa shape index (κ3) is 2910. The molecule has 0 unspecified atom stereocenters. The van der Waals surface area contributed by atoms with Crippen LogP contribution in [0.15, 0.2) is 0 Å². The van der Waals surface area contributed by atoms with Gasteiger partial charge in [-0.15, -0.1) is 0 Å². The van der Waals surface area contributed by atoms with Gasteiger partial charge in [0.1, 0.15) is 0 Å². The van der Waals surface area contributed by atoms with Crippen LogP contribution in [0.3, 0.4) is 0 Å². The first kappa shape index (κ1) is 65.0. The van der Waals surface area contributed by atoms with Crippen LogP contribution in [-0.4, -0.2) is 44.3 Å². The smallest absolute Gasteiger partial charge is 1.00 e. The summed E-state index contributed by atoms with van der Waals surface area (Å²) in [5.74, 6) is -3.33. The Morgan fingerprint density at radius 2 is 0.500 bits per heavy atom. The summed E-state index contributed by atoms with van der Waals surface area (Å²) in [6.45, 7) is 4.33. The molecule has 0 radical (unpaired) electrons. The first-order chi connectivity index (χ1) is 6.93. The molecule has 0 spiro atoms. The maximum absolute atomic E-state index is 9.00. The maximum Gasteiger partial charge on any atom is 1.00 e. The molecule has 0 saturated heterocycles. The van der Waals surface area contributed by atoms with Crippen molar-refractivity contribution in [3.05, 3.63) is 0 Å². The number of carboxylic acid groups (broad SMARTS) is 4. The number of hydrogen-bond donors (Lipinski definition) is 6. The van der Waals surface area contributed by atoms with E-state index in [0.717, 1.165) is 27.7 Å². The van der Waals surface area contributed by atoms with Crippen molar-refractivity contribution in [3.8, 4) is 0 Å². The van der Waals surface area contributed by atoms with Crippen LogP contribution in [0.2, 0.25) is 0 Å². The summed E-state index contributed by atoms with van der Waals surface area (Å²) >= 11 is 0. The summed E-state index contributed by atoms with van der Waals surface area (Å²) in [6, 6.07) is 0. The Hall–Kier alpha value is 1.80. The van der Waals surface area contributed by atoms with E-state index in [4.69, 9.17) is 39.6 Å². The van der Waals surface area contributed by atoms with Crippen molar-refractivity contribution in [1.29, 1.82) is 0 Å². The van der Waals surface area contributed by atoms with Gasteiger partial charge in [-0.25, -0.2) is 0 Å². The van der Waals surface area contributed by atoms with E-state index in [1.54, 1.807) is 0 Å². The van der Waals surface area contributed by atoms with Crippen molar-refractivity contribution < 1.29 is 164 Å². The van der Waals surface area contributed by atoms with Crippen molar-refractivity contribution in [1.82, 2.24) is 12.3 Å².